The zero-order valence-corrected chi connectivity index (χ0v) is 18.4. The van der Waals surface area contributed by atoms with Crippen molar-refractivity contribution in [2.45, 2.75) is 30.3 Å². The summed E-state index contributed by atoms with van der Waals surface area (Å²) in [5, 5.41) is 21.5. The van der Waals surface area contributed by atoms with Gasteiger partial charge in [-0.2, -0.15) is 0 Å². The summed E-state index contributed by atoms with van der Waals surface area (Å²) < 4.78 is 157. The average Bonchev–Trinajstić information content (AvgIpc) is 2.41. The quantitative estimate of drug-likeness (QED) is 0.345. The van der Waals surface area contributed by atoms with E-state index < -0.39 is 90.3 Å². The van der Waals surface area contributed by atoms with E-state index in [4.69, 9.17) is 15.1 Å². The molecule has 0 saturated heterocycles. The van der Waals surface area contributed by atoms with Crippen LogP contribution in [0.4, 0.5) is 52.7 Å². The summed E-state index contributed by atoms with van der Waals surface area (Å²) in [5.74, 6) is 0. The molecule has 0 aliphatic carbocycles. The molecule has 0 fully saturated rings. The van der Waals surface area contributed by atoms with Crippen molar-refractivity contribution < 1.29 is 72.5 Å². The van der Waals surface area contributed by atoms with Crippen LogP contribution in [0.3, 0.4) is 0 Å². The zero-order valence-electron chi connectivity index (χ0n) is 13.9. The van der Waals surface area contributed by atoms with Gasteiger partial charge in [-0.3, -0.25) is 0 Å². The van der Waals surface area contributed by atoms with E-state index in [-0.39, 0.29) is 6.07 Å². The normalized spacial score (nSPS) is 13.5. The molecule has 0 amide bonds. The number of hydrogen-bond donors (Lipinski definition) is 3. The van der Waals surface area contributed by atoms with Crippen LogP contribution < -0.4 is 3.12 Å². The number of ether oxygens (including phenoxy) is 1. The molecule has 0 spiro atoms. The van der Waals surface area contributed by atoms with Crippen LogP contribution >= 0.6 is 0 Å². The maximum absolute atomic E-state index is 13.2. The van der Waals surface area contributed by atoms with Crippen LogP contribution in [0.2, 0.25) is 0 Å². The first-order valence-corrected chi connectivity index (χ1v) is 9.15. The third-order valence-corrected chi connectivity index (χ3v) is 4.24. The minimum absolute atomic E-state index is 0.108. The van der Waals surface area contributed by atoms with Gasteiger partial charge in [-0.1, -0.05) is 0 Å². The van der Waals surface area contributed by atoms with E-state index in [2.05, 4.69) is 4.74 Å². The van der Waals surface area contributed by atoms with Crippen molar-refractivity contribution in [3.63, 3.8) is 0 Å². The summed E-state index contributed by atoms with van der Waals surface area (Å²) in [4.78, 5) is 0. The van der Waals surface area contributed by atoms with E-state index in [9.17, 15) is 52.7 Å². The maximum Gasteiger partial charge on any atom is 0.631 e. The minimum Gasteiger partial charge on any atom is -0.402 e. The molecule has 0 radical (unpaired) electrons. The molecule has 0 aliphatic rings. The second-order valence-corrected chi connectivity index (χ2v) is 7.86. The molecule has 1 aromatic rings. The molecule has 0 unspecified atom stereocenters. The number of hydrogen-bond acceptors (Lipinski definition) is 4. The summed E-state index contributed by atoms with van der Waals surface area (Å²) >= 11 is -0.636. The van der Waals surface area contributed by atoms with E-state index in [1.807, 2.05) is 0 Å². The summed E-state index contributed by atoms with van der Waals surface area (Å²) in [6, 6.07) is -0.0874. The predicted octanol–water partition coefficient (Wildman–Crippen LogP) is 2.35. The van der Waals surface area contributed by atoms with E-state index >= 15 is 0 Å². The average molecular weight is 659 g/mol. The van der Waals surface area contributed by atoms with Gasteiger partial charge in [-0.25, -0.2) is 0 Å². The van der Waals surface area contributed by atoms with Crippen LogP contribution in [-0.4, -0.2) is 73.3 Å². The van der Waals surface area contributed by atoms with E-state index in [0.717, 1.165) is 0 Å². The van der Waals surface area contributed by atoms with Crippen molar-refractivity contribution in [1.29, 1.82) is 0 Å². The molecule has 18 heteroatoms. The van der Waals surface area contributed by atoms with Gasteiger partial charge in [0.2, 0.25) is 0 Å². The van der Waals surface area contributed by atoms with Crippen molar-refractivity contribution in [2.24, 2.45) is 0 Å². The molecule has 0 atom stereocenters. The molecule has 170 valence electrons. The smallest absolute Gasteiger partial charge is 0.402 e. The molecule has 0 aliphatic heterocycles. The van der Waals surface area contributed by atoms with Gasteiger partial charge in [0.1, 0.15) is 0 Å². The van der Waals surface area contributed by atoms with E-state index in [1.54, 1.807) is 0 Å². The topological polar surface area (TPSA) is 69.9 Å². The van der Waals surface area contributed by atoms with Crippen LogP contribution in [0.25, 0.3) is 0 Å². The van der Waals surface area contributed by atoms with Gasteiger partial charge in [-0.05, 0) is 0 Å². The molecule has 0 heterocycles. The molecule has 1 rings (SSSR count). The van der Waals surface area contributed by atoms with E-state index in [1.165, 1.54) is 0 Å². The molecule has 0 saturated carbocycles. The molecule has 3 N–H and O–H groups in total. The fourth-order valence-corrected chi connectivity index (χ4v) is 3.34. The Kier molecular flexibility index (Phi) is 9.52. The van der Waals surface area contributed by atoms with Crippen molar-refractivity contribution >= 4 is 36.2 Å². The standard InChI is InChI=1S/C12H5F12O.BH3O3.Tl/c13-8(14,15)5-25-9(11(19,20)21,12(22,23)24)6-2-1-3-7(4-6)10(16,17)18;2-1(3)4;/h2-4H,5H2;2-4H;. The first-order valence-electron chi connectivity index (χ1n) is 6.91. The van der Waals surface area contributed by atoms with Crippen molar-refractivity contribution in [3.05, 3.63) is 29.3 Å². The van der Waals surface area contributed by atoms with Crippen LogP contribution in [0.5, 0.6) is 0 Å². The van der Waals surface area contributed by atoms with Crippen molar-refractivity contribution in [1.82, 2.24) is 0 Å². The fourth-order valence-electron chi connectivity index (χ4n) is 1.94. The van der Waals surface area contributed by atoms with Gasteiger partial charge >= 0.3 is 160 Å². The van der Waals surface area contributed by atoms with Gasteiger partial charge < -0.3 is 15.1 Å². The van der Waals surface area contributed by atoms with Gasteiger partial charge in [0.25, 0.3) is 0 Å². The molecule has 0 aromatic heterocycles. The Hall–Kier alpha value is -0.793. The first kappa shape index (κ1) is 29.2. The summed E-state index contributed by atoms with van der Waals surface area (Å²) in [7, 11) is -2.17. The molecular weight excluding hydrogens is 651 g/mol. The number of halogens is 12. The second-order valence-electron chi connectivity index (χ2n) is 5.27. The van der Waals surface area contributed by atoms with Gasteiger partial charge in [0.05, 0.1) is 0 Å². The van der Waals surface area contributed by atoms with E-state index in [0.29, 0.717) is 6.07 Å². The number of rotatable bonds is 3. The Labute approximate surface area is 175 Å². The summed E-state index contributed by atoms with van der Waals surface area (Å²) in [6.07, 6.45) is -23.9. The Morgan fingerprint density at radius 2 is 1.10 bits per heavy atom. The van der Waals surface area contributed by atoms with Gasteiger partial charge in [0.15, 0.2) is 0 Å². The van der Waals surface area contributed by atoms with Gasteiger partial charge in [0, 0.05) is 0 Å². The molecule has 30 heavy (non-hydrogen) atoms. The Balaban J connectivity index is 0.00000192. The Bertz CT molecular complexity index is 682. The molecular formula is C12H8BF12O4Tl. The Morgan fingerprint density at radius 3 is 1.40 bits per heavy atom. The third kappa shape index (κ3) is 8.04. The maximum atomic E-state index is 13.2. The summed E-state index contributed by atoms with van der Waals surface area (Å²) in [6.45, 7) is -2.97. The fraction of sp³-hybridized carbons (Fsp3) is 0.500. The number of alkyl halides is 12. The first-order chi connectivity index (χ1) is 13.0. The minimum atomic E-state index is -6.52. The van der Waals surface area contributed by atoms with Crippen LogP contribution in [0.1, 0.15) is 11.1 Å². The zero-order chi connectivity index (χ0) is 24.3. The van der Waals surface area contributed by atoms with Crippen LogP contribution in [0.15, 0.2) is 18.2 Å². The molecule has 1 aromatic carbocycles. The number of benzene rings is 1. The van der Waals surface area contributed by atoms with Crippen molar-refractivity contribution in [3.8, 4) is 0 Å². The van der Waals surface area contributed by atoms with Crippen LogP contribution in [0, 0.1) is 0 Å². The molecule has 0 bridgehead atoms. The Morgan fingerprint density at radius 1 is 0.733 bits per heavy atom. The summed E-state index contributed by atoms with van der Waals surface area (Å²) in [5.41, 5.74) is -9.55. The SMILES string of the molecule is FC(F)(F)COC(c1c[c]([Tl])cc(C(F)(F)F)c1)(C(F)(F)F)C(F)(F)F.OB(O)O. The van der Waals surface area contributed by atoms with Crippen LogP contribution in [-0.2, 0) is 16.5 Å². The largest absolute Gasteiger partial charge is 0.631 e. The van der Waals surface area contributed by atoms with Gasteiger partial charge in [-0.15, -0.1) is 0 Å². The second kappa shape index (κ2) is 9.78. The monoisotopic (exact) mass is 660 g/mol. The predicted molar refractivity (Wildman–Crippen MR) is 75.0 cm³/mol. The molecule has 4 nitrogen and oxygen atoms in total. The third-order valence-electron chi connectivity index (χ3n) is 2.94. The van der Waals surface area contributed by atoms with Crippen molar-refractivity contribution in [2.75, 3.05) is 6.61 Å².